The maximum Gasteiger partial charge on any atom is 0.243 e. The first kappa shape index (κ1) is 20.7. The van der Waals surface area contributed by atoms with Crippen molar-refractivity contribution in [3.63, 3.8) is 0 Å². The molecule has 1 aromatic carbocycles. The van der Waals surface area contributed by atoms with E-state index in [0.717, 1.165) is 0 Å². The molecule has 1 aliphatic rings. The number of benzene rings is 1. The molecule has 0 unspecified atom stereocenters. The van der Waals surface area contributed by atoms with Gasteiger partial charge in [0.1, 0.15) is 5.75 Å². The molecule has 1 amide bonds. The van der Waals surface area contributed by atoms with Crippen LogP contribution in [0, 0.1) is 5.41 Å². The molecule has 0 radical (unpaired) electrons. The van der Waals surface area contributed by atoms with Gasteiger partial charge >= 0.3 is 0 Å². The van der Waals surface area contributed by atoms with Crippen molar-refractivity contribution in [1.82, 2.24) is 9.21 Å². The van der Waals surface area contributed by atoms with E-state index in [1.165, 1.54) is 11.4 Å². The fraction of sp³-hybridized carbons (Fsp3) is 0.611. The minimum atomic E-state index is -3.57. The molecule has 26 heavy (non-hydrogen) atoms. The molecule has 0 atom stereocenters. The Kier molecular flexibility index (Phi) is 6.65. The van der Waals surface area contributed by atoms with Gasteiger partial charge in [0.2, 0.25) is 15.9 Å². The minimum absolute atomic E-state index is 0.0338. The number of sulfonamides is 1. The first-order valence-corrected chi connectivity index (χ1v) is 10.4. The van der Waals surface area contributed by atoms with Crippen molar-refractivity contribution in [3.05, 3.63) is 24.3 Å². The molecule has 1 aromatic rings. The molecule has 0 aliphatic carbocycles. The zero-order valence-electron chi connectivity index (χ0n) is 15.8. The highest BCUT2D eigenvalue weighted by atomic mass is 32.2. The maximum absolute atomic E-state index is 12.9. The Balaban J connectivity index is 2.08. The Morgan fingerprint density at radius 3 is 2.08 bits per heavy atom. The van der Waals surface area contributed by atoms with E-state index in [9.17, 15) is 13.2 Å². The zero-order valence-corrected chi connectivity index (χ0v) is 16.6. The highest BCUT2D eigenvalue weighted by Crippen LogP contribution is 2.29. The van der Waals surface area contributed by atoms with E-state index < -0.39 is 15.4 Å². The highest BCUT2D eigenvalue weighted by Gasteiger charge is 2.39. The summed E-state index contributed by atoms with van der Waals surface area (Å²) >= 11 is 0. The molecule has 0 bridgehead atoms. The summed E-state index contributed by atoms with van der Waals surface area (Å²) < 4.78 is 32.1. The Labute approximate surface area is 156 Å². The summed E-state index contributed by atoms with van der Waals surface area (Å²) in [5.74, 6) is 0.642. The van der Waals surface area contributed by atoms with Gasteiger partial charge in [0, 0.05) is 32.7 Å². The first-order chi connectivity index (χ1) is 12.3. The van der Waals surface area contributed by atoms with E-state index >= 15 is 0 Å². The molecule has 0 saturated carbocycles. The van der Waals surface area contributed by atoms with Crippen molar-refractivity contribution >= 4 is 15.9 Å². The van der Waals surface area contributed by atoms with Gasteiger partial charge in [-0.05, 0) is 37.1 Å². The third kappa shape index (κ3) is 3.87. The molecule has 1 saturated heterocycles. The van der Waals surface area contributed by atoms with Crippen LogP contribution in [0.1, 0.15) is 26.7 Å². The van der Waals surface area contributed by atoms with Gasteiger partial charge in [-0.25, -0.2) is 8.42 Å². The van der Waals surface area contributed by atoms with E-state index in [2.05, 4.69) is 0 Å². The number of hydrogen-bond acceptors (Lipinski definition) is 5. The SMILES string of the molecule is CCC(CC)(CN)C(=O)N1CCN(S(=O)(=O)c2ccc(OC)cc2)CC1. The van der Waals surface area contributed by atoms with Crippen LogP contribution in [0.5, 0.6) is 5.75 Å². The van der Waals surface area contributed by atoms with Crippen LogP contribution in [0.3, 0.4) is 0 Å². The third-order valence-corrected chi connectivity index (χ3v) is 7.33. The number of ether oxygens (including phenoxy) is 1. The topological polar surface area (TPSA) is 92.9 Å². The Morgan fingerprint density at radius 1 is 1.12 bits per heavy atom. The number of nitrogens with two attached hydrogens (primary N) is 1. The second-order valence-electron chi connectivity index (χ2n) is 6.56. The van der Waals surface area contributed by atoms with Gasteiger partial charge in [-0.2, -0.15) is 4.31 Å². The highest BCUT2D eigenvalue weighted by molar-refractivity contribution is 7.89. The lowest BCUT2D eigenvalue weighted by Crippen LogP contribution is -2.55. The number of carbonyl (C=O) groups excluding carboxylic acids is 1. The van der Waals surface area contributed by atoms with Crippen molar-refractivity contribution in [2.75, 3.05) is 39.8 Å². The Hall–Kier alpha value is -1.64. The Morgan fingerprint density at radius 2 is 1.65 bits per heavy atom. The lowest BCUT2D eigenvalue weighted by molar-refractivity contribution is -0.143. The number of rotatable bonds is 7. The smallest absolute Gasteiger partial charge is 0.243 e. The van der Waals surface area contributed by atoms with E-state index in [1.54, 1.807) is 29.2 Å². The molecule has 146 valence electrons. The van der Waals surface area contributed by atoms with E-state index in [4.69, 9.17) is 10.5 Å². The van der Waals surface area contributed by atoms with Crippen LogP contribution >= 0.6 is 0 Å². The van der Waals surface area contributed by atoms with Crippen molar-refractivity contribution in [2.45, 2.75) is 31.6 Å². The molecular weight excluding hydrogens is 354 g/mol. The van der Waals surface area contributed by atoms with Crippen LogP contribution in [-0.2, 0) is 14.8 Å². The number of amides is 1. The predicted molar refractivity (Wildman–Crippen MR) is 100 cm³/mol. The van der Waals surface area contributed by atoms with E-state index in [1.807, 2.05) is 13.8 Å². The number of piperazine rings is 1. The summed E-state index contributed by atoms with van der Waals surface area (Å²) in [7, 11) is -2.04. The summed E-state index contributed by atoms with van der Waals surface area (Å²) in [6.45, 7) is 5.59. The fourth-order valence-corrected chi connectivity index (χ4v) is 4.71. The van der Waals surface area contributed by atoms with Gasteiger partial charge in [0.25, 0.3) is 0 Å². The number of nitrogens with zero attached hydrogens (tertiary/aromatic N) is 2. The average Bonchev–Trinajstić information content (AvgIpc) is 2.69. The standard InChI is InChI=1S/C18H29N3O4S/c1-4-18(5-2,14-19)17(22)20-10-12-21(13-11-20)26(23,24)16-8-6-15(25-3)7-9-16/h6-9H,4-5,10-14,19H2,1-3H3. The molecule has 1 heterocycles. The lowest BCUT2D eigenvalue weighted by atomic mass is 9.81. The van der Waals surface area contributed by atoms with Crippen LogP contribution in [0.2, 0.25) is 0 Å². The minimum Gasteiger partial charge on any atom is -0.497 e. The molecule has 2 N–H and O–H groups in total. The van der Waals surface area contributed by atoms with Crippen LogP contribution in [-0.4, -0.2) is 63.4 Å². The number of methoxy groups -OCH3 is 1. The second kappa shape index (κ2) is 8.37. The molecule has 1 aliphatic heterocycles. The van der Waals surface area contributed by atoms with Gasteiger partial charge in [-0.3, -0.25) is 4.79 Å². The molecule has 0 spiro atoms. The van der Waals surface area contributed by atoms with Gasteiger partial charge in [0.05, 0.1) is 17.4 Å². The quantitative estimate of drug-likeness (QED) is 0.766. The maximum atomic E-state index is 12.9. The van der Waals surface area contributed by atoms with Crippen LogP contribution in [0.4, 0.5) is 0 Å². The van der Waals surface area contributed by atoms with Crippen molar-refractivity contribution in [3.8, 4) is 5.75 Å². The van der Waals surface area contributed by atoms with Gasteiger partial charge in [-0.1, -0.05) is 13.8 Å². The summed E-state index contributed by atoms with van der Waals surface area (Å²) in [5.41, 5.74) is 5.32. The summed E-state index contributed by atoms with van der Waals surface area (Å²) in [4.78, 5) is 14.9. The average molecular weight is 384 g/mol. The molecule has 2 rings (SSSR count). The van der Waals surface area contributed by atoms with E-state index in [-0.39, 0.29) is 23.9 Å². The second-order valence-corrected chi connectivity index (χ2v) is 8.50. The van der Waals surface area contributed by atoms with Crippen LogP contribution in [0.25, 0.3) is 0 Å². The van der Waals surface area contributed by atoms with Crippen LogP contribution in [0.15, 0.2) is 29.2 Å². The third-order valence-electron chi connectivity index (χ3n) is 5.42. The zero-order chi connectivity index (χ0) is 19.4. The predicted octanol–water partition coefficient (Wildman–Crippen LogP) is 1.29. The van der Waals surface area contributed by atoms with Gasteiger partial charge in [0.15, 0.2) is 0 Å². The Bertz CT molecular complexity index is 698. The summed E-state index contributed by atoms with van der Waals surface area (Å²) in [6, 6.07) is 6.34. The fourth-order valence-electron chi connectivity index (χ4n) is 3.29. The molecular formula is C18H29N3O4S. The van der Waals surface area contributed by atoms with Gasteiger partial charge < -0.3 is 15.4 Å². The largest absolute Gasteiger partial charge is 0.497 e. The van der Waals surface area contributed by atoms with Crippen LogP contribution < -0.4 is 10.5 Å². The summed E-state index contributed by atoms with van der Waals surface area (Å²) in [6.07, 6.45) is 1.37. The number of carbonyl (C=O) groups is 1. The normalized spacial score (nSPS) is 16.5. The molecule has 8 heteroatoms. The van der Waals surface area contributed by atoms with Crippen molar-refractivity contribution in [2.24, 2.45) is 11.1 Å². The summed E-state index contributed by atoms with van der Waals surface area (Å²) in [5, 5.41) is 0. The van der Waals surface area contributed by atoms with Gasteiger partial charge in [-0.15, -0.1) is 0 Å². The number of hydrogen-bond donors (Lipinski definition) is 1. The lowest BCUT2D eigenvalue weighted by Gasteiger charge is -2.39. The van der Waals surface area contributed by atoms with E-state index in [0.29, 0.717) is 38.2 Å². The molecule has 0 aromatic heterocycles. The van der Waals surface area contributed by atoms with Crippen molar-refractivity contribution in [1.29, 1.82) is 0 Å². The van der Waals surface area contributed by atoms with Crippen molar-refractivity contribution < 1.29 is 17.9 Å². The first-order valence-electron chi connectivity index (χ1n) is 8.98. The molecule has 7 nitrogen and oxygen atoms in total. The molecule has 1 fully saturated rings. The monoisotopic (exact) mass is 383 g/mol.